The van der Waals surface area contributed by atoms with Gasteiger partial charge < -0.3 is 10.4 Å². The van der Waals surface area contributed by atoms with E-state index >= 15 is 0 Å². The number of aryl methyl sites for hydroxylation is 1. The highest BCUT2D eigenvalue weighted by atomic mass is 79.9. The average Bonchev–Trinajstić information content (AvgIpc) is 2.41. The van der Waals surface area contributed by atoms with Crippen molar-refractivity contribution in [2.45, 2.75) is 19.6 Å². The summed E-state index contributed by atoms with van der Waals surface area (Å²) in [4.78, 5) is 4.31. The molecule has 2 N–H and O–H groups in total. The number of hydrogen-bond acceptors (Lipinski definition) is 3. The Balaban J connectivity index is 1.88. The first-order valence-electron chi connectivity index (χ1n) is 6.21. The zero-order chi connectivity index (χ0) is 13.7. The van der Waals surface area contributed by atoms with Gasteiger partial charge in [0, 0.05) is 23.8 Å². The van der Waals surface area contributed by atoms with E-state index in [1.54, 1.807) is 6.20 Å². The van der Waals surface area contributed by atoms with Gasteiger partial charge >= 0.3 is 0 Å². The second-order valence-electron chi connectivity index (χ2n) is 4.47. The maximum Gasteiger partial charge on any atom is 0.0914 e. The highest BCUT2D eigenvalue weighted by Crippen LogP contribution is 2.17. The van der Waals surface area contributed by atoms with Crippen molar-refractivity contribution in [1.82, 2.24) is 10.3 Å². The molecule has 1 aromatic heterocycles. The lowest BCUT2D eigenvalue weighted by atomic mass is 10.1. The Morgan fingerprint density at radius 2 is 2.16 bits per heavy atom. The van der Waals surface area contributed by atoms with Gasteiger partial charge in [-0.3, -0.25) is 4.98 Å². The first kappa shape index (κ1) is 14.2. The second kappa shape index (κ2) is 6.80. The Morgan fingerprint density at radius 1 is 1.32 bits per heavy atom. The molecule has 0 saturated carbocycles. The fraction of sp³-hybridized carbons (Fsp3) is 0.267. The number of halogens is 1. The lowest BCUT2D eigenvalue weighted by molar-refractivity contribution is 0.174. The molecule has 0 aliphatic heterocycles. The largest absolute Gasteiger partial charge is 0.387 e. The Kier molecular flexibility index (Phi) is 5.07. The van der Waals surface area contributed by atoms with Gasteiger partial charge in [0.05, 0.1) is 11.8 Å². The SMILES string of the molecule is Cc1cccnc1CNCC(O)c1cccc(Br)c1. The van der Waals surface area contributed by atoms with Crippen LogP contribution in [0.25, 0.3) is 0 Å². The minimum atomic E-state index is -0.512. The molecule has 19 heavy (non-hydrogen) atoms. The summed E-state index contributed by atoms with van der Waals surface area (Å²) in [7, 11) is 0. The van der Waals surface area contributed by atoms with Crippen LogP contribution in [0.15, 0.2) is 47.1 Å². The van der Waals surface area contributed by atoms with Crippen LogP contribution >= 0.6 is 15.9 Å². The lowest BCUT2D eigenvalue weighted by Crippen LogP contribution is -2.22. The van der Waals surface area contributed by atoms with Crippen LogP contribution in [0.3, 0.4) is 0 Å². The number of rotatable bonds is 5. The zero-order valence-electron chi connectivity index (χ0n) is 10.8. The zero-order valence-corrected chi connectivity index (χ0v) is 12.4. The van der Waals surface area contributed by atoms with E-state index in [1.807, 2.05) is 43.3 Å². The summed E-state index contributed by atoms with van der Waals surface area (Å²) in [5.74, 6) is 0. The molecule has 0 fully saturated rings. The van der Waals surface area contributed by atoms with Gasteiger partial charge in [-0.1, -0.05) is 34.1 Å². The van der Waals surface area contributed by atoms with Gasteiger partial charge in [-0.15, -0.1) is 0 Å². The third-order valence-corrected chi connectivity index (χ3v) is 3.47. The lowest BCUT2D eigenvalue weighted by Gasteiger charge is -2.13. The number of hydrogen-bond donors (Lipinski definition) is 2. The number of benzene rings is 1. The molecule has 1 atom stereocenters. The van der Waals surface area contributed by atoms with Crippen LogP contribution < -0.4 is 5.32 Å². The number of pyridine rings is 1. The predicted molar refractivity (Wildman–Crippen MR) is 79.8 cm³/mol. The standard InChI is InChI=1S/C15H17BrN2O/c1-11-4-3-7-18-14(11)9-17-10-15(19)12-5-2-6-13(16)8-12/h2-8,15,17,19H,9-10H2,1H3. The first-order chi connectivity index (χ1) is 9.16. The van der Waals surface area contributed by atoms with Crippen molar-refractivity contribution < 1.29 is 5.11 Å². The number of aliphatic hydroxyl groups is 1. The van der Waals surface area contributed by atoms with Gasteiger partial charge in [-0.2, -0.15) is 0 Å². The second-order valence-corrected chi connectivity index (χ2v) is 5.38. The van der Waals surface area contributed by atoms with Crippen LogP contribution in [0.5, 0.6) is 0 Å². The number of aromatic nitrogens is 1. The molecule has 2 rings (SSSR count). The summed E-state index contributed by atoms with van der Waals surface area (Å²) in [5, 5.41) is 13.3. The number of nitrogens with one attached hydrogen (secondary N) is 1. The molecule has 3 nitrogen and oxygen atoms in total. The minimum absolute atomic E-state index is 0.506. The fourth-order valence-corrected chi connectivity index (χ4v) is 2.28. The molecular weight excluding hydrogens is 304 g/mol. The van der Waals surface area contributed by atoms with E-state index in [2.05, 4.69) is 26.2 Å². The first-order valence-corrected chi connectivity index (χ1v) is 7.01. The van der Waals surface area contributed by atoms with Crippen LogP contribution in [-0.2, 0) is 6.54 Å². The van der Waals surface area contributed by atoms with Crippen LogP contribution in [0.4, 0.5) is 0 Å². The molecule has 0 saturated heterocycles. The molecule has 100 valence electrons. The highest BCUT2D eigenvalue weighted by Gasteiger charge is 2.07. The van der Waals surface area contributed by atoms with Gasteiger partial charge in [0.15, 0.2) is 0 Å². The molecule has 4 heteroatoms. The van der Waals surface area contributed by atoms with Crippen molar-refractivity contribution >= 4 is 15.9 Å². The van der Waals surface area contributed by atoms with Crippen molar-refractivity contribution in [2.75, 3.05) is 6.54 Å². The summed E-state index contributed by atoms with van der Waals surface area (Å²) in [6.07, 6.45) is 1.27. The number of nitrogens with zero attached hydrogens (tertiary/aromatic N) is 1. The van der Waals surface area contributed by atoms with Gasteiger partial charge in [0.1, 0.15) is 0 Å². The van der Waals surface area contributed by atoms with Crippen molar-refractivity contribution in [1.29, 1.82) is 0 Å². The summed E-state index contributed by atoms with van der Waals surface area (Å²) < 4.78 is 0.977. The third kappa shape index (κ3) is 4.13. The van der Waals surface area contributed by atoms with Gasteiger partial charge in [-0.05, 0) is 36.2 Å². The van der Waals surface area contributed by atoms with Crippen molar-refractivity contribution in [2.24, 2.45) is 0 Å². The molecule has 0 radical (unpaired) electrons. The molecule has 2 aromatic rings. The molecule has 0 bridgehead atoms. The van der Waals surface area contributed by atoms with E-state index < -0.39 is 6.10 Å². The van der Waals surface area contributed by atoms with E-state index in [1.165, 1.54) is 0 Å². The fourth-order valence-electron chi connectivity index (χ4n) is 1.86. The Hall–Kier alpha value is -1.23. The maximum absolute atomic E-state index is 10.1. The topological polar surface area (TPSA) is 45.2 Å². The Bertz CT molecular complexity index is 545. The third-order valence-electron chi connectivity index (χ3n) is 2.98. The quantitative estimate of drug-likeness (QED) is 0.890. The minimum Gasteiger partial charge on any atom is -0.387 e. The Morgan fingerprint density at radius 3 is 2.89 bits per heavy atom. The highest BCUT2D eigenvalue weighted by molar-refractivity contribution is 9.10. The summed E-state index contributed by atoms with van der Waals surface area (Å²) in [6, 6.07) is 11.7. The van der Waals surface area contributed by atoms with Crippen LogP contribution in [0.1, 0.15) is 22.9 Å². The van der Waals surface area contributed by atoms with Gasteiger partial charge in [0.2, 0.25) is 0 Å². The molecule has 0 spiro atoms. The summed E-state index contributed by atoms with van der Waals surface area (Å²) >= 11 is 3.40. The van der Waals surface area contributed by atoms with E-state index in [-0.39, 0.29) is 0 Å². The van der Waals surface area contributed by atoms with Crippen LogP contribution in [0, 0.1) is 6.92 Å². The molecular formula is C15H17BrN2O. The number of aliphatic hydroxyl groups excluding tert-OH is 1. The smallest absolute Gasteiger partial charge is 0.0914 e. The molecule has 1 heterocycles. The molecule has 0 aliphatic rings. The maximum atomic E-state index is 10.1. The predicted octanol–water partition coefficient (Wildman–Crippen LogP) is 2.98. The Labute approximate surface area is 121 Å². The van der Waals surface area contributed by atoms with E-state index in [4.69, 9.17) is 0 Å². The molecule has 0 aliphatic carbocycles. The van der Waals surface area contributed by atoms with E-state index in [0.717, 1.165) is 21.3 Å². The molecule has 0 amide bonds. The van der Waals surface area contributed by atoms with Gasteiger partial charge in [0.25, 0.3) is 0 Å². The van der Waals surface area contributed by atoms with Gasteiger partial charge in [-0.25, -0.2) is 0 Å². The van der Waals surface area contributed by atoms with Crippen LogP contribution in [-0.4, -0.2) is 16.6 Å². The van der Waals surface area contributed by atoms with E-state index in [0.29, 0.717) is 13.1 Å². The van der Waals surface area contributed by atoms with Crippen molar-refractivity contribution in [3.63, 3.8) is 0 Å². The average molecular weight is 321 g/mol. The molecule has 1 unspecified atom stereocenters. The monoisotopic (exact) mass is 320 g/mol. The summed E-state index contributed by atoms with van der Waals surface area (Å²) in [5.41, 5.74) is 3.08. The van der Waals surface area contributed by atoms with Crippen LogP contribution in [0.2, 0.25) is 0 Å². The van der Waals surface area contributed by atoms with E-state index in [9.17, 15) is 5.11 Å². The van der Waals surface area contributed by atoms with Crippen molar-refractivity contribution in [3.05, 3.63) is 63.9 Å². The molecule has 1 aromatic carbocycles. The summed E-state index contributed by atoms with van der Waals surface area (Å²) in [6.45, 7) is 3.21. The normalized spacial score (nSPS) is 12.4. The van der Waals surface area contributed by atoms with Crippen molar-refractivity contribution in [3.8, 4) is 0 Å².